The van der Waals surface area contributed by atoms with Crippen molar-refractivity contribution in [2.45, 2.75) is 38.7 Å². The number of aliphatic hydroxyl groups excluding tert-OH is 1. The summed E-state index contributed by atoms with van der Waals surface area (Å²) >= 11 is 0. The van der Waals surface area contributed by atoms with Crippen molar-refractivity contribution in [2.24, 2.45) is 0 Å². The van der Waals surface area contributed by atoms with Crippen molar-refractivity contribution in [2.75, 3.05) is 13.7 Å². The van der Waals surface area contributed by atoms with Crippen molar-refractivity contribution in [1.29, 1.82) is 0 Å². The molecule has 0 unspecified atom stereocenters. The van der Waals surface area contributed by atoms with Crippen LogP contribution >= 0.6 is 0 Å². The summed E-state index contributed by atoms with van der Waals surface area (Å²) in [5, 5.41) is 9.87. The molecule has 0 aliphatic heterocycles. The lowest BCUT2D eigenvalue weighted by atomic mass is 9.79. The maximum atomic E-state index is 11.5. The van der Waals surface area contributed by atoms with Crippen molar-refractivity contribution < 1.29 is 19.4 Å². The molecule has 0 aliphatic carbocycles. The Hall–Kier alpha value is -1.55. The summed E-state index contributed by atoms with van der Waals surface area (Å²) in [6.07, 6.45) is -0.805. The first-order valence-corrected chi connectivity index (χ1v) is 6.40. The van der Waals surface area contributed by atoms with Gasteiger partial charge in [0.1, 0.15) is 5.75 Å². The van der Waals surface area contributed by atoms with E-state index in [1.807, 2.05) is 38.1 Å². The minimum absolute atomic E-state index is 0.273. The minimum Gasteiger partial charge on any atom is -0.497 e. The van der Waals surface area contributed by atoms with E-state index >= 15 is 0 Å². The van der Waals surface area contributed by atoms with Gasteiger partial charge in [-0.2, -0.15) is 0 Å². The van der Waals surface area contributed by atoms with Crippen LogP contribution < -0.4 is 4.74 Å². The molecule has 1 rings (SSSR count). The smallest absolute Gasteiger partial charge is 0.334 e. The fraction of sp³-hybridized carbons (Fsp3) is 0.533. The van der Waals surface area contributed by atoms with Gasteiger partial charge in [0.2, 0.25) is 0 Å². The number of carbonyl (C=O) groups excluding carboxylic acids is 1. The molecule has 4 nitrogen and oxygen atoms in total. The maximum absolute atomic E-state index is 11.5. The van der Waals surface area contributed by atoms with Crippen LogP contribution in [0.3, 0.4) is 0 Å². The van der Waals surface area contributed by atoms with Crippen LogP contribution in [-0.2, 0) is 14.9 Å². The van der Waals surface area contributed by atoms with Gasteiger partial charge >= 0.3 is 5.97 Å². The average molecular weight is 266 g/mol. The lowest BCUT2D eigenvalue weighted by Crippen LogP contribution is -2.31. The van der Waals surface area contributed by atoms with Crippen molar-refractivity contribution in [1.82, 2.24) is 0 Å². The van der Waals surface area contributed by atoms with E-state index < -0.39 is 12.1 Å². The summed E-state index contributed by atoms with van der Waals surface area (Å²) < 4.78 is 10.0. The van der Waals surface area contributed by atoms with Gasteiger partial charge in [0.05, 0.1) is 13.7 Å². The van der Waals surface area contributed by atoms with E-state index in [0.717, 1.165) is 11.3 Å². The van der Waals surface area contributed by atoms with Crippen LogP contribution in [0, 0.1) is 0 Å². The van der Waals surface area contributed by atoms with Gasteiger partial charge in [-0.15, -0.1) is 0 Å². The zero-order valence-corrected chi connectivity index (χ0v) is 12.0. The number of esters is 1. The average Bonchev–Trinajstić information content (AvgIpc) is 2.38. The van der Waals surface area contributed by atoms with Crippen molar-refractivity contribution in [3.05, 3.63) is 29.8 Å². The molecule has 0 saturated carbocycles. The fourth-order valence-corrected chi connectivity index (χ4v) is 1.97. The van der Waals surface area contributed by atoms with Crippen LogP contribution in [0.4, 0.5) is 0 Å². The molecular formula is C15H22O4. The molecule has 1 aromatic rings. The quantitative estimate of drug-likeness (QED) is 0.803. The molecule has 1 N–H and O–H groups in total. The second-order valence-corrected chi connectivity index (χ2v) is 5.09. The van der Waals surface area contributed by atoms with E-state index in [2.05, 4.69) is 0 Å². The standard InChI is InChI=1S/C15H22O4/c1-5-19-14(17)13(16)10-15(2,3)11-7-6-8-12(9-11)18-4/h6-9,13,16H,5,10H2,1-4H3/t13-/m0/s1. The maximum Gasteiger partial charge on any atom is 0.334 e. The number of aliphatic hydroxyl groups is 1. The van der Waals surface area contributed by atoms with Gasteiger partial charge in [0.15, 0.2) is 6.10 Å². The number of hydrogen-bond donors (Lipinski definition) is 1. The van der Waals surface area contributed by atoms with Crippen LogP contribution in [0.2, 0.25) is 0 Å². The number of rotatable bonds is 6. The van der Waals surface area contributed by atoms with Gasteiger partial charge in [-0.25, -0.2) is 4.79 Å². The van der Waals surface area contributed by atoms with Crippen LogP contribution in [0.25, 0.3) is 0 Å². The molecule has 0 radical (unpaired) electrons. The van der Waals surface area contributed by atoms with Gasteiger partial charge < -0.3 is 14.6 Å². The largest absolute Gasteiger partial charge is 0.497 e. The highest BCUT2D eigenvalue weighted by Gasteiger charge is 2.29. The first-order chi connectivity index (χ1) is 8.90. The molecule has 19 heavy (non-hydrogen) atoms. The van der Waals surface area contributed by atoms with E-state index in [-0.39, 0.29) is 12.0 Å². The number of methoxy groups -OCH3 is 1. The lowest BCUT2D eigenvalue weighted by Gasteiger charge is -2.27. The van der Waals surface area contributed by atoms with Crippen LogP contribution in [0.1, 0.15) is 32.8 Å². The van der Waals surface area contributed by atoms with Crippen molar-refractivity contribution in [3.63, 3.8) is 0 Å². The molecule has 0 heterocycles. The highest BCUT2D eigenvalue weighted by molar-refractivity contribution is 5.74. The fourth-order valence-electron chi connectivity index (χ4n) is 1.97. The molecule has 0 spiro atoms. The Labute approximate surface area is 114 Å². The molecule has 0 fully saturated rings. The predicted molar refractivity (Wildman–Crippen MR) is 73.3 cm³/mol. The Bertz CT molecular complexity index is 426. The monoisotopic (exact) mass is 266 g/mol. The third-order valence-corrected chi connectivity index (χ3v) is 3.11. The second-order valence-electron chi connectivity index (χ2n) is 5.09. The molecule has 4 heteroatoms. The Morgan fingerprint density at radius 2 is 2.11 bits per heavy atom. The number of carbonyl (C=O) groups is 1. The van der Waals surface area contributed by atoms with Gasteiger partial charge in [-0.05, 0) is 36.5 Å². The van der Waals surface area contributed by atoms with Crippen molar-refractivity contribution >= 4 is 5.97 Å². The van der Waals surface area contributed by atoms with Gasteiger partial charge in [-0.3, -0.25) is 0 Å². The molecule has 1 atom stereocenters. The van der Waals surface area contributed by atoms with Crippen LogP contribution in [0.5, 0.6) is 5.75 Å². The molecule has 0 aromatic heterocycles. The van der Waals surface area contributed by atoms with E-state index in [9.17, 15) is 9.90 Å². The molecule has 106 valence electrons. The molecule has 0 saturated heterocycles. The minimum atomic E-state index is -1.11. The Balaban J connectivity index is 2.81. The van der Waals surface area contributed by atoms with E-state index in [4.69, 9.17) is 9.47 Å². The Morgan fingerprint density at radius 1 is 1.42 bits per heavy atom. The highest BCUT2D eigenvalue weighted by Crippen LogP contribution is 2.30. The molecule has 0 amide bonds. The Kier molecular flexibility index (Phi) is 5.36. The van der Waals surface area contributed by atoms with Crippen LogP contribution in [0.15, 0.2) is 24.3 Å². The van der Waals surface area contributed by atoms with Crippen LogP contribution in [-0.4, -0.2) is 30.9 Å². The van der Waals surface area contributed by atoms with Gasteiger partial charge in [0.25, 0.3) is 0 Å². The number of benzene rings is 1. The highest BCUT2D eigenvalue weighted by atomic mass is 16.5. The third kappa shape index (κ3) is 4.24. The Morgan fingerprint density at radius 3 is 2.68 bits per heavy atom. The summed E-state index contributed by atoms with van der Waals surface area (Å²) in [7, 11) is 1.61. The number of ether oxygens (including phenoxy) is 2. The van der Waals surface area contributed by atoms with E-state index in [1.165, 1.54) is 0 Å². The van der Waals surface area contributed by atoms with E-state index in [0.29, 0.717) is 6.42 Å². The summed E-state index contributed by atoms with van der Waals surface area (Å²) in [6.45, 7) is 5.95. The predicted octanol–water partition coefficient (Wildman–Crippen LogP) is 2.29. The summed E-state index contributed by atoms with van der Waals surface area (Å²) in [6, 6.07) is 7.63. The van der Waals surface area contributed by atoms with E-state index in [1.54, 1.807) is 14.0 Å². The third-order valence-electron chi connectivity index (χ3n) is 3.11. The SMILES string of the molecule is CCOC(=O)[C@@H](O)CC(C)(C)c1cccc(OC)c1. The normalized spacial score (nSPS) is 12.9. The first kappa shape index (κ1) is 15.5. The zero-order valence-electron chi connectivity index (χ0n) is 12.0. The first-order valence-electron chi connectivity index (χ1n) is 6.40. The second kappa shape index (κ2) is 6.57. The van der Waals surface area contributed by atoms with Gasteiger partial charge in [-0.1, -0.05) is 26.0 Å². The molecule has 0 bridgehead atoms. The summed E-state index contributed by atoms with van der Waals surface area (Å²) in [5.74, 6) is 0.190. The zero-order chi connectivity index (χ0) is 14.5. The number of hydrogen-bond acceptors (Lipinski definition) is 4. The van der Waals surface area contributed by atoms with Gasteiger partial charge in [0, 0.05) is 0 Å². The lowest BCUT2D eigenvalue weighted by molar-refractivity contribution is -0.154. The summed E-state index contributed by atoms with van der Waals surface area (Å²) in [5.41, 5.74) is 0.663. The summed E-state index contributed by atoms with van der Waals surface area (Å²) in [4.78, 5) is 11.5. The molecule has 0 aliphatic rings. The molecule has 1 aromatic carbocycles. The van der Waals surface area contributed by atoms with Crippen molar-refractivity contribution in [3.8, 4) is 5.75 Å². The molecular weight excluding hydrogens is 244 g/mol. The topological polar surface area (TPSA) is 55.8 Å².